The van der Waals surface area contributed by atoms with Crippen molar-refractivity contribution in [2.75, 3.05) is 12.9 Å². The molecule has 1 unspecified atom stereocenters. The van der Waals surface area contributed by atoms with Gasteiger partial charge in [-0.3, -0.25) is 0 Å². The molecule has 2 N–H and O–H groups in total. The SMILES string of the molecule is CCOC(=O)c1cccc(C(N)OS(C)(=O)=O)c1. The smallest absolute Gasteiger partial charge is 0.338 e. The molecule has 100 valence electrons. The van der Waals surface area contributed by atoms with Gasteiger partial charge in [0.1, 0.15) is 0 Å². The molecular formula is C11H15NO5S. The quantitative estimate of drug-likeness (QED) is 0.484. The van der Waals surface area contributed by atoms with Crippen molar-refractivity contribution in [3.63, 3.8) is 0 Å². The van der Waals surface area contributed by atoms with E-state index < -0.39 is 22.3 Å². The fourth-order valence-corrected chi connectivity index (χ4v) is 1.79. The van der Waals surface area contributed by atoms with Gasteiger partial charge in [-0.05, 0) is 24.6 Å². The number of benzene rings is 1. The summed E-state index contributed by atoms with van der Waals surface area (Å²) in [6.07, 6.45) is -0.239. The Labute approximate surface area is 106 Å². The molecule has 0 aliphatic carbocycles. The van der Waals surface area contributed by atoms with E-state index in [2.05, 4.69) is 4.18 Å². The number of hydrogen-bond acceptors (Lipinski definition) is 6. The van der Waals surface area contributed by atoms with E-state index in [1.54, 1.807) is 25.1 Å². The minimum Gasteiger partial charge on any atom is -0.462 e. The van der Waals surface area contributed by atoms with Gasteiger partial charge >= 0.3 is 5.97 Å². The lowest BCUT2D eigenvalue weighted by Gasteiger charge is -2.12. The zero-order valence-corrected chi connectivity index (χ0v) is 10.9. The van der Waals surface area contributed by atoms with Crippen molar-refractivity contribution in [2.45, 2.75) is 13.2 Å². The maximum absolute atomic E-state index is 11.5. The van der Waals surface area contributed by atoms with Crippen LogP contribution in [0.25, 0.3) is 0 Å². The van der Waals surface area contributed by atoms with E-state index in [1.807, 2.05) is 0 Å². The van der Waals surface area contributed by atoms with Gasteiger partial charge in [0.15, 0.2) is 6.23 Å². The third-order valence-electron chi connectivity index (χ3n) is 2.00. The summed E-state index contributed by atoms with van der Waals surface area (Å²) >= 11 is 0. The average molecular weight is 273 g/mol. The van der Waals surface area contributed by atoms with Crippen LogP contribution in [0.1, 0.15) is 29.1 Å². The van der Waals surface area contributed by atoms with Crippen LogP contribution in [0.15, 0.2) is 24.3 Å². The van der Waals surface area contributed by atoms with Crippen LogP contribution in [-0.4, -0.2) is 27.2 Å². The van der Waals surface area contributed by atoms with Gasteiger partial charge in [0.05, 0.1) is 18.4 Å². The third kappa shape index (κ3) is 4.44. The van der Waals surface area contributed by atoms with Crippen molar-refractivity contribution in [3.05, 3.63) is 35.4 Å². The summed E-state index contributed by atoms with van der Waals surface area (Å²) in [6.45, 7) is 1.95. The lowest BCUT2D eigenvalue weighted by atomic mass is 10.1. The van der Waals surface area contributed by atoms with Gasteiger partial charge in [0, 0.05) is 0 Å². The highest BCUT2D eigenvalue weighted by molar-refractivity contribution is 7.86. The van der Waals surface area contributed by atoms with Gasteiger partial charge in [0.2, 0.25) is 0 Å². The first-order valence-electron chi connectivity index (χ1n) is 5.24. The molecule has 0 aromatic heterocycles. The van der Waals surface area contributed by atoms with Crippen LogP contribution in [0.2, 0.25) is 0 Å². The molecule has 1 atom stereocenters. The molecule has 1 rings (SSSR count). The van der Waals surface area contributed by atoms with Crippen LogP contribution >= 0.6 is 0 Å². The first-order chi connectivity index (χ1) is 8.33. The Morgan fingerprint density at radius 2 is 2.11 bits per heavy atom. The van der Waals surface area contributed by atoms with Crippen molar-refractivity contribution in [1.29, 1.82) is 0 Å². The lowest BCUT2D eigenvalue weighted by molar-refractivity contribution is 0.0526. The minimum absolute atomic E-state index is 0.259. The summed E-state index contributed by atoms with van der Waals surface area (Å²) in [5.41, 5.74) is 6.24. The fraction of sp³-hybridized carbons (Fsp3) is 0.364. The minimum atomic E-state index is -3.66. The van der Waals surface area contributed by atoms with Crippen LogP contribution < -0.4 is 5.73 Å². The number of esters is 1. The number of ether oxygens (including phenoxy) is 1. The van der Waals surface area contributed by atoms with E-state index in [-0.39, 0.29) is 6.61 Å². The van der Waals surface area contributed by atoms with Crippen molar-refractivity contribution >= 4 is 16.1 Å². The first-order valence-corrected chi connectivity index (χ1v) is 7.06. The maximum Gasteiger partial charge on any atom is 0.338 e. The van der Waals surface area contributed by atoms with Gasteiger partial charge in [0.25, 0.3) is 10.1 Å². The molecule has 0 radical (unpaired) electrons. The van der Waals surface area contributed by atoms with Crippen molar-refractivity contribution in [3.8, 4) is 0 Å². The summed E-state index contributed by atoms with van der Waals surface area (Å²) in [4.78, 5) is 11.5. The summed E-state index contributed by atoms with van der Waals surface area (Å²) in [6, 6.07) is 6.13. The van der Waals surface area contributed by atoms with Gasteiger partial charge in [-0.15, -0.1) is 0 Å². The lowest BCUT2D eigenvalue weighted by Crippen LogP contribution is -2.18. The highest BCUT2D eigenvalue weighted by Crippen LogP contribution is 2.16. The Morgan fingerprint density at radius 3 is 2.67 bits per heavy atom. The van der Waals surface area contributed by atoms with E-state index in [0.29, 0.717) is 11.1 Å². The Morgan fingerprint density at radius 1 is 1.44 bits per heavy atom. The molecule has 7 heteroatoms. The Bertz CT molecular complexity index is 526. The molecule has 0 spiro atoms. The van der Waals surface area contributed by atoms with Crippen molar-refractivity contribution in [1.82, 2.24) is 0 Å². The second-order valence-corrected chi connectivity index (χ2v) is 5.17. The Balaban J connectivity index is 2.91. The van der Waals surface area contributed by atoms with E-state index in [4.69, 9.17) is 10.5 Å². The van der Waals surface area contributed by atoms with E-state index in [0.717, 1.165) is 6.26 Å². The molecule has 0 aliphatic rings. The van der Waals surface area contributed by atoms with Gasteiger partial charge in [-0.25, -0.2) is 8.98 Å². The Hall–Kier alpha value is -1.44. The predicted molar refractivity (Wildman–Crippen MR) is 65.3 cm³/mol. The normalized spacial score (nSPS) is 13.1. The third-order valence-corrected chi connectivity index (χ3v) is 2.56. The summed E-state index contributed by atoms with van der Waals surface area (Å²) in [7, 11) is -3.66. The zero-order valence-electron chi connectivity index (χ0n) is 10.1. The summed E-state index contributed by atoms with van der Waals surface area (Å²) in [5, 5.41) is 0. The molecule has 0 amide bonds. The van der Waals surface area contributed by atoms with Crippen molar-refractivity contribution < 1.29 is 22.1 Å². The topological polar surface area (TPSA) is 95.7 Å². The molecule has 6 nitrogen and oxygen atoms in total. The largest absolute Gasteiger partial charge is 0.462 e. The fourth-order valence-electron chi connectivity index (χ4n) is 1.30. The first kappa shape index (κ1) is 14.6. The summed E-state index contributed by atoms with van der Waals surface area (Å²) in [5.74, 6) is -0.495. The molecule has 0 fully saturated rings. The molecule has 0 saturated heterocycles. The van der Waals surface area contributed by atoms with E-state index in [9.17, 15) is 13.2 Å². The van der Waals surface area contributed by atoms with Gasteiger partial charge in [-0.2, -0.15) is 8.42 Å². The molecule has 0 bridgehead atoms. The van der Waals surface area contributed by atoms with Crippen LogP contribution in [0, 0.1) is 0 Å². The van der Waals surface area contributed by atoms with Crippen LogP contribution in [0.3, 0.4) is 0 Å². The monoisotopic (exact) mass is 273 g/mol. The molecule has 0 aliphatic heterocycles. The standard InChI is InChI=1S/C11H15NO5S/c1-3-16-11(13)9-6-4-5-8(7-9)10(12)17-18(2,14)15/h4-7,10H,3,12H2,1-2H3. The highest BCUT2D eigenvalue weighted by atomic mass is 32.2. The predicted octanol–water partition coefficient (Wildman–Crippen LogP) is 0.797. The molecule has 1 aromatic carbocycles. The second-order valence-electron chi connectivity index (χ2n) is 3.57. The zero-order chi connectivity index (χ0) is 13.8. The molecule has 0 heterocycles. The number of carbonyl (C=O) groups is 1. The van der Waals surface area contributed by atoms with Crippen molar-refractivity contribution in [2.24, 2.45) is 5.73 Å². The number of nitrogens with two attached hydrogens (primary N) is 1. The second kappa shape index (κ2) is 5.94. The number of rotatable bonds is 5. The molecule has 18 heavy (non-hydrogen) atoms. The maximum atomic E-state index is 11.5. The highest BCUT2D eigenvalue weighted by Gasteiger charge is 2.15. The van der Waals surface area contributed by atoms with Crippen LogP contribution in [0.4, 0.5) is 0 Å². The number of carbonyl (C=O) groups excluding carboxylic acids is 1. The van der Waals surface area contributed by atoms with E-state index >= 15 is 0 Å². The molecular weight excluding hydrogens is 258 g/mol. The van der Waals surface area contributed by atoms with Crippen LogP contribution in [-0.2, 0) is 19.0 Å². The summed E-state index contributed by atoms with van der Waals surface area (Å²) < 4.78 is 31.3. The van der Waals surface area contributed by atoms with Gasteiger partial charge < -0.3 is 10.5 Å². The van der Waals surface area contributed by atoms with E-state index in [1.165, 1.54) is 6.07 Å². The molecule has 1 aromatic rings. The van der Waals surface area contributed by atoms with Crippen LogP contribution in [0.5, 0.6) is 0 Å². The Kier molecular flexibility index (Phi) is 4.83. The average Bonchev–Trinajstić information content (AvgIpc) is 2.27. The number of hydrogen-bond donors (Lipinski definition) is 1. The molecule has 0 saturated carbocycles. The van der Waals surface area contributed by atoms with Gasteiger partial charge in [-0.1, -0.05) is 12.1 Å².